The monoisotopic (exact) mass is 1010 g/mol. The summed E-state index contributed by atoms with van der Waals surface area (Å²) in [6.45, 7) is 5.63. The Hall–Kier alpha value is -5.44. The van der Waals surface area contributed by atoms with Crippen LogP contribution in [0, 0.1) is 21.6 Å². The van der Waals surface area contributed by atoms with E-state index in [-0.39, 0.29) is 37.1 Å². The van der Waals surface area contributed by atoms with Gasteiger partial charge in [-0.1, -0.05) is 158 Å². The summed E-state index contributed by atoms with van der Waals surface area (Å²) in [5.41, 5.74) is 10.0. The van der Waals surface area contributed by atoms with E-state index in [0.29, 0.717) is 17.8 Å². The van der Waals surface area contributed by atoms with Gasteiger partial charge in [0.15, 0.2) is 17.7 Å². The minimum Gasteiger partial charge on any atom is -0.419 e. The number of aromatic nitrogens is 3. The number of nitro groups is 1. The average Bonchev–Trinajstić information content (AvgIpc) is 3.96. The van der Waals surface area contributed by atoms with E-state index in [1.54, 1.807) is 36.8 Å². The number of hydrogen-bond donors (Lipinski definition) is 1. The lowest BCUT2D eigenvalue weighted by Crippen LogP contribution is -2.37. The van der Waals surface area contributed by atoms with Gasteiger partial charge in [-0.3, -0.25) is 19.2 Å². The van der Waals surface area contributed by atoms with Crippen molar-refractivity contribution in [2.75, 3.05) is 32.2 Å². The van der Waals surface area contributed by atoms with Gasteiger partial charge in [0.25, 0.3) is 11.9 Å². The fourth-order valence-electron chi connectivity index (χ4n) is 8.68. The molecule has 1 saturated heterocycles. The van der Waals surface area contributed by atoms with Gasteiger partial charge in [0, 0.05) is 18.7 Å². The summed E-state index contributed by atoms with van der Waals surface area (Å²) in [6.07, 6.45) is 19.5. The summed E-state index contributed by atoms with van der Waals surface area (Å²) in [7, 11) is -4.66. The number of anilines is 1. The number of nitrogen functional groups attached to an aromatic ring is 1. The molecule has 18 heteroatoms. The number of phosphoric ester groups is 1. The van der Waals surface area contributed by atoms with E-state index in [2.05, 4.69) is 17.0 Å². The summed E-state index contributed by atoms with van der Waals surface area (Å²) in [5.74, 6) is -0.952. The van der Waals surface area contributed by atoms with Crippen LogP contribution >= 0.6 is 7.82 Å². The van der Waals surface area contributed by atoms with E-state index >= 15 is 0 Å². The zero-order chi connectivity index (χ0) is 51.0. The number of benzene rings is 3. The van der Waals surface area contributed by atoms with Crippen LogP contribution < -0.4 is 10.3 Å². The molecule has 0 saturated carbocycles. The van der Waals surface area contributed by atoms with Gasteiger partial charge in [-0.15, -0.1) is 0 Å². The van der Waals surface area contributed by atoms with Crippen molar-refractivity contribution >= 4 is 24.8 Å². The van der Waals surface area contributed by atoms with Gasteiger partial charge in [-0.2, -0.15) is 10.4 Å². The van der Waals surface area contributed by atoms with E-state index in [1.807, 2.05) is 54.6 Å². The predicted octanol–water partition coefficient (Wildman–Crippen LogP) is 13.0. The highest BCUT2D eigenvalue weighted by molar-refractivity contribution is 7.48. The quantitative estimate of drug-likeness (QED) is 0.0131. The Kier molecular flexibility index (Phi) is 22.7. The lowest BCUT2D eigenvalue weighted by molar-refractivity contribution is -0.384. The fraction of sp³-hybridized carbons (Fsp3) is 0.537. The molecule has 2 aromatic heterocycles. The molecule has 390 valence electrons. The summed E-state index contributed by atoms with van der Waals surface area (Å²) < 4.78 is 65.0. The maximum atomic E-state index is 14.8. The first kappa shape index (κ1) is 55.9. The van der Waals surface area contributed by atoms with Crippen molar-refractivity contribution in [3.63, 3.8) is 0 Å². The molecule has 0 amide bonds. The van der Waals surface area contributed by atoms with Crippen LogP contribution in [0.5, 0.6) is 5.75 Å². The molecule has 6 rings (SSSR count). The number of nitro benzene ring substituents is 1. The lowest BCUT2D eigenvalue weighted by atomic mass is 10.0. The SMILES string of the molecule is CCCCCCCCCCCCCCCCCCOC[C@H](COP(=O)(OC[C@@H](OC#N)[C@H]1OC(C)(C)O[C@H]1c1ccc2c(N)ncnn12)Oc1ccc([N+](=O)[O-])cc1)OCc1ccc(-c2ccccc2)cc1. The molecule has 3 heterocycles. The summed E-state index contributed by atoms with van der Waals surface area (Å²) >= 11 is 0. The Morgan fingerprint density at radius 3 is 2.03 bits per heavy atom. The molecule has 1 aliphatic heterocycles. The topological polar surface area (TPSA) is 214 Å². The van der Waals surface area contributed by atoms with Crippen molar-refractivity contribution in [3.05, 3.63) is 119 Å². The van der Waals surface area contributed by atoms with E-state index in [0.717, 1.165) is 36.0 Å². The number of ether oxygens (including phenoxy) is 5. The van der Waals surface area contributed by atoms with E-state index in [1.165, 1.54) is 114 Å². The fourth-order valence-corrected chi connectivity index (χ4v) is 9.92. The number of hydrogen-bond acceptors (Lipinski definition) is 15. The van der Waals surface area contributed by atoms with E-state index in [4.69, 9.17) is 43.0 Å². The van der Waals surface area contributed by atoms with Gasteiger partial charge >= 0.3 is 7.82 Å². The van der Waals surface area contributed by atoms with Crippen LogP contribution in [-0.2, 0) is 43.9 Å². The van der Waals surface area contributed by atoms with Crippen molar-refractivity contribution in [2.24, 2.45) is 0 Å². The number of nitrogens with two attached hydrogens (primary N) is 1. The van der Waals surface area contributed by atoms with Crippen LogP contribution in [0.2, 0.25) is 0 Å². The molecule has 5 aromatic rings. The van der Waals surface area contributed by atoms with Gasteiger partial charge in [0.1, 0.15) is 42.5 Å². The second-order valence-corrected chi connectivity index (χ2v) is 20.3. The van der Waals surface area contributed by atoms with Gasteiger partial charge < -0.3 is 33.9 Å². The number of nitriles is 1. The third-order valence-electron chi connectivity index (χ3n) is 12.6. The highest BCUT2D eigenvalue weighted by atomic mass is 31.2. The van der Waals surface area contributed by atoms with Crippen LogP contribution in [0.1, 0.15) is 141 Å². The zero-order valence-corrected chi connectivity index (χ0v) is 43.0. The minimum atomic E-state index is -4.66. The van der Waals surface area contributed by atoms with Crippen molar-refractivity contribution in [2.45, 2.75) is 160 Å². The van der Waals surface area contributed by atoms with Crippen LogP contribution in [-0.4, -0.2) is 70.0 Å². The molecule has 0 radical (unpaired) electrons. The first-order chi connectivity index (χ1) is 35.0. The van der Waals surface area contributed by atoms with Crippen LogP contribution in [0.3, 0.4) is 0 Å². The molecule has 17 nitrogen and oxygen atoms in total. The zero-order valence-electron chi connectivity index (χ0n) is 42.1. The van der Waals surface area contributed by atoms with E-state index < -0.39 is 49.6 Å². The van der Waals surface area contributed by atoms with E-state index in [9.17, 15) is 19.9 Å². The second kappa shape index (κ2) is 29.3. The lowest BCUT2D eigenvalue weighted by Gasteiger charge is -2.27. The molecule has 0 bridgehead atoms. The van der Waals surface area contributed by atoms with Gasteiger partial charge in [0.2, 0.25) is 0 Å². The first-order valence-corrected chi connectivity index (χ1v) is 27.1. The third kappa shape index (κ3) is 17.9. The maximum Gasteiger partial charge on any atom is 0.530 e. The maximum absolute atomic E-state index is 14.8. The van der Waals surface area contributed by atoms with Crippen LogP contribution in [0.4, 0.5) is 11.5 Å². The average molecular weight is 1010 g/mol. The van der Waals surface area contributed by atoms with Crippen molar-refractivity contribution < 1.29 is 46.7 Å². The van der Waals surface area contributed by atoms with Gasteiger partial charge in [-0.25, -0.2) is 14.1 Å². The Morgan fingerprint density at radius 1 is 0.792 bits per heavy atom. The highest BCUT2D eigenvalue weighted by Crippen LogP contribution is 2.51. The number of nitrogens with zero attached hydrogens (tertiary/aromatic N) is 5. The predicted molar refractivity (Wildman–Crippen MR) is 275 cm³/mol. The highest BCUT2D eigenvalue weighted by Gasteiger charge is 2.49. The largest absolute Gasteiger partial charge is 0.530 e. The molecule has 3 aromatic carbocycles. The van der Waals surface area contributed by atoms with Crippen LogP contribution in [0.15, 0.2) is 97.3 Å². The molecular weight excluding hydrogens is 940 g/mol. The molecule has 1 fully saturated rings. The number of rotatable bonds is 35. The Bertz CT molecular complexity index is 2450. The summed E-state index contributed by atoms with van der Waals surface area (Å²) in [4.78, 5) is 15.0. The van der Waals surface area contributed by atoms with Gasteiger partial charge in [-0.05, 0) is 61.2 Å². The first-order valence-electron chi connectivity index (χ1n) is 25.6. The summed E-state index contributed by atoms with van der Waals surface area (Å²) in [5, 5.41) is 25.7. The number of fused-ring (bicyclic) bond motifs is 1. The standard InChI is InChI=1S/C54H73N6O11P/c1-4-5-6-7-8-9-10-11-12-13-14-15-16-17-18-22-35-64-37-47(65-36-42-25-27-44(28-26-42)43-23-20-19-21-24-43)38-67-72(63,71-46-31-29-45(30-32-46)60(61)62)68-39-50(66-40-55)52-51(69-54(2,3)70-52)48-33-34-49-53(56)57-41-58-59(48)49/h19-21,23-34,41,47,50-52H,4-18,22,35-39H2,1-3H3,(H2,56,57,58)/t47-,50-,51+,52-,72?/m1/s1. The van der Waals surface area contributed by atoms with Gasteiger partial charge in [0.05, 0.1) is 30.4 Å². The molecule has 1 aliphatic rings. The molecule has 5 atom stereocenters. The minimum absolute atomic E-state index is 0.0335. The second-order valence-electron chi connectivity index (χ2n) is 18.7. The molecule has 2 N–H and O–H groups in total. The summed E-state index contributed by atoms with van der Waals surface area (Å²) in [6, 6.07) is 26.6. The number of non-ortho nitro benzene ring substituents is 1. The van der Waals surface area contributed by atoms with Crippen molar-refractivity contribution in [1.82, 2.24) is 14.6 Å². The number of unbranched alkanes of at least 4 members (excludes halogenated alkanes) is 15. The molecule has 1 unspecified atom stereocenters. The number of phosphoric acid groups is 1. The molecular formula is C54H73N6O11P. The Balaban J connectivity index is 1.08. The normalized spacial score (nSPS) is 17.0. The third-order valence-corrected chi connectivity index (χ3v) is 13.9. The molecule has 0 aliphatic carbocycles. The molecule has 72 heavy (non-hydrogen) atoms. The Labute approximate surface area is 424 Å². The smallest absolute Gasteiger partial charge is 0.419 e. The van der Waals surface area contributed by atoms with Crippen molar-refractivity contribution in [3.8, 4) is 23.1 Å². The molecule has 0 spiro atoms. The van der Waals surface area contributed by atoms with Crippen LogP contribution in [0.25, 0.3) is 16.6 Å². The van der Waals surface area contributed by atoms with Crippen molar-refractivity contribution in [1.29, 1.82) is 5.26 Å². The Morgan fingerprint density at radius 2 is 1.40 bits per heavy atom.